The molecule has 31 heavy (non-hydrogen) atoms. The molecule has 0 spiro atoms. The molecule has 0 radical (unpaired) electrons. The van der Waals surface area contributed by atoms with Crippen LogP contribution in [0.2, 0.25) is 0 Å². The number of rotatable bonds is 7. The summed E-state index contributed by atoms with van der Waals surface area (Å²) < 4.78 is 5.87. The van der Waals surface area contributed by atoms with E-state index in [-0.39, 0.29) is 12.0 Å². The zero-order valence-electron chi connectivity index (χ0n) is 18.4. The molecular formula is C26H34N2O2S. The van der Waals surface area contributed by atoms with Crippen molar-refractivity contribution in [3.63, 3.8) is 0 Å². The molecule has 3 heterocycles. The van der Waals surface area contributed by atoms with Gasteiger partial charge in [-0.25, -0.2) is 0 Å². The molecule has 1 unspecified atom stereocenters. The topological polar surface area (TPSA) is 32.8 Å². The lowest BCUT2D eigenvalue weighted by Crippen LogP contribution is -2.46. The van der Waals surface area contributed by atoms with Gasteiger partial charge in [-0.05, 0) is 80.1 Å². The van der Waals surface area contributed by atoms with E-state index >= 15 is 0 Å². The van der Waals surface area contributed by atoms with Gasteiger partial charge in [0.25, 0.3) is 0 Å². The minimum absolute atomic E-state index is 0.226. The number of thiophene rings is 1. The molecule has 1 amide bonds. The number of carbonyl (C=O) groups excluding carboxylic acids is 1. The number of nitrogens with zero attached hydrogens (tertiary/aromatic N) is 2. The quantitative estimate of drug-likeness (QED) is 0.650. The van der Waals surface area contributed by atoms with Gasteiger partial charge in [0.1, 0.15) is 0 Å². The van der Waals surface area contributed by atoms with Crippen LogP contribution in [0.25, 0.3) is 0 Å². The number of likely N-dealkylation sites (tertiary alicyclic amines) is 1. The Labute approximate surface area is 190 Å². The summed E-state index contributed by atoms with van der Waals surface area (Å²) in [5.74, 6) is 0.875. The molecule has 1 aliphatic carbocycles. The average molecular weight is 439 g/mol. The Bertz CT molecular complexity index is 829. The van der Waals surface area contributed by atoms with E-state index in [9.17, 15) is 4.79 Å². The third kappa shape index (κ3) is 5.21. The van der Waals surface area contributed by atoms with Crippen molar-refractivity contribution in [1.82, 2.24) is 9.80 Å². The molecule has 5 heteroatoms. The molecule has 1 aromatic carbocycles. The first kappa shape index (κ1) is 21.2. The smallest absolute Gasteiger partial charge is 0.227 e. The lowest BCUT2D eigenvalue weighted by Gasteiger charge is -2.38. The second-order valence-corrected chi connectivity index (χ2v) is 10.5. The van der Waals surface area contributed by atoms with Crippen LogP contribution in [0.4, 0.5) is 0 Å². The van der Waals surface area contributed by atoms with Gasteiger partial charge in [0.05, 0.1) is 12.5 Å². The summed E-state index contributed by atoms with van der Waals surface area (Å²) in [6, 6.07) is 13.7. The highest BCUT2D eigenvalue weighted by Gasteiger charge is 2.31. The van der Waals surface area contributed by atoms with Crippen molar-refractivity contribution in [2.75, 3.05) is 32.8 Å². The first-order valence-electron chi connectivity index (χ1n) is 12.0. The highest BCUT2D eigenvalue weighted by atomic mass is 32.1. The maximum atomic E-state index is 13.1. The molecule has 2 aliphatic heterocycles. The Kier molecular flexibility index (Phi) is 6.72. The standard InChI is InChI=1S/C26H34N2O2S/c29-26(17-25-8-4-14-31-25)28(19-24-7-3-13-30-24)18-20-9-11-27(12-10-20)23-15-21-5-1-2-6-22(21)16-23/h1-2,4-6,8,14,20,23-24H,3,7,9-13,15-19H2. The van der Waals surface area contributed by atoms with Crippen LogP contribution >= 0.6 is 11.3 Å². The van der Waals surface area contributed by atoms with E-state index in [1.165, 1.54) is 36.8 Å². The summed E-state index contributed by atoms with van der Waals surface area (Å²) in [4.78, 5) is 19.1. The lowest BCUT2D eigenvalue weighted by atomic mass is 9.94. The average Bonchev–Trinajstić information content (AvgIpc) is 3.55. The van der Waals surface area contributed by atoms with Crippen LogP contribution in [0, 0.1) is 5.92 Å². The van der Waals surface area contributed by atoms with Gasteiger partial charge in [-0.1, -0.05) is 30.3 Å². The predicted molar refractivity (Wildman–Crippen MR) is 126 cm³/mol. The first-order valence-corrected chi connectivity index (χ1v) is 12.8. The van der Waals surface area contributed by atoms with Gasteiger partial charge in [-0.15, -0.1) is 11.3 Å². The normalized spacial score (nSPS) is 22.6. The third-order valence-electron chi connectivity index (χ3n) is 7.38. The van der Waals surface area contributed by atoms with Crippen LogP contribution in [0.1, 0.15) is 41.7 Å². The fourth-order valence-corrected chi connectivity index (χ4v) is 6.29. The van der Waals surface area contributed by atoms with Crippen molar-refractivity contribution >= 4 is 17.2 Å². The maximum absolute atomic E-state index is 13.1. The van der Waals surface area contributed by atoms with E-state index in [0.717, 1.165) is 50.5 Å². The molecule has 1 aromatic heterocycles. The molecule has 3 aliphatic rings. The summed E-state index contributed by atoms with van der Waals surface area (Å²) in [6.07, 6.45) is 7.76. The van der Waals surface area contributed by atoms with Crippen LogP contribution in [0.3, 0.4) is 0 Å². The maximum Gasteiger partial charge on any atom is 0.227 e. The molecule has 2 aromatic rings. The summed E-state index contributed by atoms with van der Waals surface area (Å²) >= 11 is 1.68. The molecule has 5 rings (SSSR count). The number of fused-ring (bicyclic) bond motifs is 1. The molecule has 2 fully saturated rings. The fourth-order valence-electron chi connectivity index (χ4n) is 5.59. The lowest BCUT2D eigenvalue weighted by molar-refractivity contribution is -0.133. The number of hydrogen-bond donors (Lipinski definition) is 0. The van der Waals surface area contributed by atoms with Crippen LogP contribution in [-0.4, -0.2) is 60.6 Å². The largest absolute Gasteiger partial charge is 0.376 e. The van der Waals surface area contributed by atoms with E-state index in [0.29, 0.717) is 18.4 Å². The van der Waals surface area contributed by atoms with Crippen molar-refractivity contribution in [3.05, 3.63) is 57.8 Å². The van der Waals surface area contributed by atoms with Crippen LogP contribution in [0.5, 0.6) is 0 Å². The third-order valence-corrected chi connectivity index (χ3v) is 8.26. The first-order chi connectivity index (χ1) is 15.2. The zero-order chi connectivity index (χ0) is 21.0. The fraction of sp³-hybridized carbons (Fsp3) is 0.577. The van der Waals surface area contributed by atoms with E-state index in [4.69, 9.17) is 4.74 Å². The Morgan fingerprint density at radius 1 is 1.03 bits per heavy atom. The van der Waals surface area contributed by atoms with E-state index in [2.05, 4.69) is 45.5 Å². The predicted octanol–water partition coefficient (Wildman–Crippen LogP) is 4.18. The second-order valence-electron chi connectivity index (χ2n) is 9.50. The van der Waals surface area contributed by atoms with Crippen LogP contribution < -0.4 is 0 Å². The van der Waals surface area contributed by atoms with Gasteiger partial charge < -0.3 is 9.64 Å². The molecule has 0 saturated carbocycles. The minimum Gasteiger partial charge on any atom is -0.376 e. The van der Waals surface area contributed by atoms with E-state index in [1.54, 1.807) is 11.3 Å². The van der Waals surface area contributed by atoms with Crippen LogP contribution in [-0.2, 0) is 28.8 Å². The number of piperidine rings is 1. The summed E-state index contributed by atoms with van der Waals surface area (Å²) in [6.45, 7) is 4.83. The highest BCUT2D eigenvalue weighted by Crippen LogP contribution is 2.29. The monoisotopic (exact) mass is 438 g/mol. The highest BCUT2D eigenvalue weighted by molar-refractivity contribution is 7.10. The van der Waals surface area contributed by atoms with Gasteiger partial charge in [0.15, 0.2) is 0 Å². The van der Waals surface area contributed by atoms with Crippen molar-refractivity contribution in [1.29, 1.82) is 0 Å². The van der Waals surface area contributed by atoms with Gasteiger partial charge in [-0.3, -0.25) is 9.69 Å². The van der Waals surface area contributed by atoms with E-state index < -0.39 is 0 Å². The number of carbonyl (C=O) groups is 1. The summed E-state index contributed by atoms with van der Waals surface area (Å²) in [7, 11) is 0. The van der Waals surface area contributed by atoms with Gasteiger partial charge >= 0.3 is 0 Å². The molecule has 0 bridgehead atoms. The second kappa shape index (κ2) is 9.85. The number of ether oxygens (including phenoxy) is 1. The molecule has 166 valence electrons. The number of hydrogen-bond acceptors (Lipinski definition) is 4. The summed E-state index contributed by atoms with van der Waals surface area (Å²) in [5, 5.41) is 2.06. The molecule has 0 N–H and O–H groups in total. The molecule has 1 atom stereocenters. The van der Waals surface area contributed by atoms with E-state index in [1.807, 2.05) is 6.07 Å². The van der Waals surface area contributed by atoms with Crippen LogP contribution in [0.15, 0.2) is 41.8 Å². The molecule has 2 saturated heterocycles. The van der Waals surface area contributed by atoms with Crippen molar-refractivity contribution < 1.29 is 9.53 Å². The van der Waals surface area contributed by atoms with Gasteiger partial charge in [0.2, 0.25) is 5.91 Å². The Hall–Kier alpha value is -1.69. The van der Waals surface area contributed by atoms with Gasteiger partial charge in [0, 0.05) is 30.6 Å². The van der Waals surface area contributed by atoms with Gasteiger partial charge in [-0.2, -0.15) is 0 Å². The van der Waals surface area contributed by atoms with Crippen molar-refractivity contribution in [2.24, 2.45) is 5.92 Å². The summed E-state index contributed by atoms with van der Waals surface area (Å²) in [5.41, 5.74) is 3.08. The zero-order valence-corrected chi connectivity index (χ0v) is 19.2. The number of amides is 1. The SMILES string of the molecule is O=C(Cc1cccs1)N(CC1CCN(C2Cc3ccccc3C2)CC1)CC1CCCO1. The Morgan fingerprint density at radius 3 is 2.45 bits per heavy atom. The molecule has 4 nitrogen and oxygen atoms in total. The Morgan fingerprint density at radius 2 is 1.81 bits per heavy atom. The minimum atomic E-state index is 0.226. The Balaban J connectivity index is 1.15. The number of benzene rings is 1. The van der Waals surface area contributed by atoms with Crippen molar-refractivity contribution in [2.45, 2.75) is 57.1 Å². The van der Waals surface area contributed by atoms with Crippen molar-refractivity contribution in [3.8, 4) is 0 Å². The molecular weight excluding hydrogens is 404 g/mol.